The van der Waals surface area contributed by atoms with Crippen molar-refractivity contribution in [3.8, 4) is 5.75 Å². The number of nitrogens with zero attached hydrogens (tertiary/aromatic N) is 1. The fourth-order valence-electron chi connectivity index (χ4n) is 3.20. The molecule has 0 aliphatic carbocycles. The molecule has 3 rings (SSSR count). The number of carbonyl (C=O) groups excluding carboxylic acids is 1. The molecule has 4 heteroatoms. The van der Waals surface area contributed by atoms with E-state index in [1.807, 2.05) is 35.2 Å². The molecule has 1 heterocycles. The van der Waals surface area contributed by atoms with Crippen LogP contribution in [-0.2, 0) is 0 Å². The standard InChI is InChI=1S/C19H20ClNO2/c1-23-18-9-5-3-6-15(18)14-10-12-21(13-11-14)19(22)16-7-2-4-8-17(16)20/h2-9,14H,10-13H2,1H3. The molecular formula is C19H20ClNO2. The van der Waals surface area contributed by atoms with Crippen LogP contribution < -0.4 is 4.74 Å². The van der Waals surface area contributed by atoms with Gasteiger partial charge in [-0.15, -0.1) is 0 Å². The van der Waals surface area contributed by atoms with Crippen molar-refractivity contribution in [1.82, 2.24) is 4.90 Å². The first-order valence-electron chi connectivity index (χ1n) is 7.87. The van der Waals surface area contributed by atoms with Gasteiger partial charge in [-0.3, -0.25) is 4.79 Å². The van der Waals surface area contributed by atoms with E-state index in [1.165, 1.54) is 5.56 Å². The summed E-state index contributed by atoms with van der Waals surface area (Å²) in [6, 6.07) is 15.4. The van der Waals surface area contributed by atoms with Crippen molar-refractivity contribution in [2.45, 2.75) is 18.8 Å². The van der Waals surface area contributed by atoms with Crippen LogP contribution in [0.1, 0.15) is 34.7 Å². The highest BCUT2D eigenvalue weighted by atomic mass is 35.5. The van der Waals surface area contributed by atoms with Gasteiger partial charge in [-0.2, -0.15) is 0 Å². The average Bonchev–Trinajstić information content (AvgIpc) is 2.61. The van der Waals surface area contributed by atoms with E-state index in [0.29, 0.717) is 16.5 Å². The first-order valence-corrected chi connectivity index (χ1v) is 8.25. The molecular weight excluding hydrogens is 310 g/mol. The number of carbonyl (C=O) groups is 1. The third-order valence-electron chi connectivity index (χ3n) is 4.47. The minimum atomic E-state index is 0.0223. The second-order valence-corrected chi connectivity index (χ2v) is 6.20. The largest absolute Gasteiger partial charge is 0.496 e. The lowest BCUT2D eigenvalue weighted by molar-refractivity contribution is 0.0713. The molecule has 23 heavy (non-hydrogen) atoms. The van der Waals surface area contributed by atoms with Gasteiger partial charge in [0.1, 0.15) is 5.75 Å². The Labute approximate surface area is 141 Å². The topological polar surface area (TPSA) is 29.5 Å². The van der Waals surface area contributed by atoms with E-state index in [0.717, 1.165) is 31.7 Å². The number of hydrogen-bond acceptors (Lipinski definition) is 2. The summed E-state index contributed by atoms with van der Waals surface area (Å²) >= 11 is 6.14. The van der Waals surface area contributed by atoms with Crippen LogP contribution >= 0.6 is 11.6 Å². The third kappa shape index (κ3) is 3.35. The molecule has 1 aliphatic heterocycles. The molecule has 2 aromatic rings. The summed E-state index contributed by atoms with van der Waals surface area (Å²) in [5, 5.41) is 0.518. The zero-order valence-corrected chi connectivity index (χ0v) is 13.9. The summed E-state index contributed by atoms with van der Waals surface area (Å²) in [7, 11) is 1.70. The molecule has 1 saturated heterocycles. The second-order valence-electron chi connectivity index (χ2n) is 5.79. The molecule has 0 N–H and O–H groups in total. The van der Waals surface area contributed by atoms with Crippen molar-refractivity contribution in [1.29, 1.82) is 0 Å². The summed E-state index contributed by atoms with van der Waals surface area (Å²) in [4.78, 5) is 14.5. The summed E-state index contributed by atoms with van der Waals surface area (Å²) in [6.07, 6.45) is 1.88. The highest BCUT2D eigenvalue weighted by molar-refractivity contribution is 6.33. The Hall–Kier alpha value is -2.00. The predicted octanol–water partition coefficient (Wildman–Crippen LogP) is 4.37. The molecule has 0 aromatic heterocycles. The van der Waals surface area contributed by atoms with Gasteiger partial charge in [0.25, 0.3) is 5.91 Å². The van der Waals surface area contributed by atoms with Gasteiger partial charge in [-0.05, 0) is 42.5 Å². The van der Waals surface area contributed by atoms with Gasteiger partial charge in [-0.1, -0.05) is 41.9 Å². The minimum Gasteiger partial charge on any atom is -0.496 e. The SMILES string of the molecule is COc1ccccc1C1CCN(C(=O)c2ccccc2Cl)CC1. The number of hydrogen-bond donors (Lipinski definition) is 0. The van der Waals surface area contributed by atoms with Gasteiger partial charge in [0.15, 0.2) is 0 Å². The molecule has 1 fully saturated rings. The average molecular weight is 330 g/mol. The summed E-state index contributed by atoms with van der Waals surface area (Å²) in [5.41, 5.74) is 1.82. The van der Waals surface area contributed by atoms with E-state index >= 15 is 0 Å². The van der Waals surface area contributed by atoms with Crippen LogP contribution in [0.25, 0.3) is 0 Å². The molecule has 0 saturated carbocycles. The number of likely N-dealkylation sites (tertiary alicyclic amines) is 1. The third-order valence-corrected chi connectivity index (χ3v) is 4.79. The van der Waals surface area contributed by atoms with Gasteiger partial charge < -0.3 is 9.64 Å². The molecule has 1 aliphatic rings. The highest BCUT2D eigenvalue weighted by Crippen LogP contribution is 2.34. The van der Waals surface area contributed by atoms with E-state index < -0.39 is 0 Å². The number of piperidine rings is 1. The van der Waals surface area contributed by atoms with Crippen LogP contribution in [-0.4, -0.2) is 31.0 Å². The first-order chi connectivity index (χ1) is 11.2. The van der Waals surface area contributed by atoms with Gasteiger partial charge in [0.05, 0.1) is 17.7 Å². The normalized spacial score (nSPS) is 15.5. The van der Waals surface area contributed by atoms with Gasteiger partial charge in [0.2, 0.25) is 0 Å². The van der Waals surface area contributed by atoms with Crippen molar-refractivity contribution in [3.05, 3.63) is 64.7 Å². The number of rotatable bonds is 3. The Morgan fingerprint density at radius 3 is 2.43 bits per heavy atom. The van der Waals surface area contributed by atoms with Crippen molar-refractivity contribution in [3.63, 3.8) is 0 Å². The van der Waals surface area contributed by atoms with Gasteiger partial charge >= 0.3 is 0 Å². The van der Waals surface area contributed by atoms with Crippen LogP contribution in [0, 0.1) is 0 Å². The number of halogens is 1. The van der Waals surface area contributed by atoms with Crippen LogP contribution in [0.3, 0.4) is 0 Å². The molecule has 3 nitrogen and oxygen atoms in total. The second kappa shape index (κ2) is 7.05. The summed E-state index contributed by atoms with van der Waals surface area (Å²) < 4.78 is 5.46. The van der Waals surface area contributed by atoms with Gasteiger partial charge in [-0.25, -0.2) is 0 Å². The Bertz CT molecular complexity index is 693. The van der Waals surface area contributed by atoms with Crippen molar-refractivity contribution in [2.75, 3.05) is 20.2 Å². The van der Waals surface area contributed by atoms with E-state index in [1.54, 1.807) is 19.2 Å². The fourth-order valence-corrected chi connectivity index (χ4v) is 3.42. The lowest BCUT2D eigenvalue weighted by Gasteiger charge is -2.33. The monoisotopic (exact) mass is 329 g/mol. The molecule has 120 valence electrons. The lowest BCUT2D eigenvalue weighted by Crippen LogP contribution is -2.38. The first kappa shape index (κ1) is 15.9. The fraction of sp³-hybridized carbons (Fsp3) is 0.316. The molecule has 0 spiro atoms. The maximum Gasteiger partial charge on any atom is 0.255 e. The van der Waals surface area contributed by atoms with Crippen LogP contribution in [0.15, 0.2) is 48.5 Å². The smallest absolute Gasteiger partial charge is 0.255 e. The molecule has 2 aromatic carbocycles. The molecule has 0 radical (unpaired) electrons. The van der Waals surface area contributed by atoms with Crippen molar-refractivity contribution >= 4 is 17.5 Å². The number of methoxy groups -OCH3 is 1. The van der Waals surface area contributed by atoms with Crippen LogP contribution in [0.2, 0.25) is 5.02 Å². The van der Waals surface area contributed by atoms with E-state index in [4.69, 9.17) is 16.3 Å². The number of benzene rings is 2. The highest BCUT2D eigenvalue weighted by Gasteiger charge is 2.26. The van der Waals surface area contributed by atoms with E-state index in [-0.39, 0.29) is 5.91 Å². The van der Waals surface area contributed by atoms with Crippen molar-refractivity contribution in [2.24, 2.45) is 0 Å². The molecule has 0 unspecified atom stereocenters. The molecule has 0 atom stereocenters. The number of para-hydroxylation sites is 1. The molecule has 1 amide bonds. The van der Waals surface area contributed by atoms with E-state index in [9.17, 15) is 4.79 Å². The summed E-state index contributed by atoms with van der Waals surface area (Å²) in [5.74, 6) is 1.39. The Kier molecular flexibility index (Phi) is 4.87. The Morgan fingerprint density at radius 1 is 1.09 bits per heavy atom. The lowest BCUT2D eigenvalue weighted by atomic mass is 9.88. The Balaban J connectivity index is 1.69. The maximum atomic E-state index is 12.6. The minimum absolute atomic E-state index is 0.0223. The summed E-state index contributed by atoms with van der Waals surface area (Å²) in [6.45, 7) is 1.49. The number of ether oxygens (including phenoxy) is 1. The molecule has 0 bridgehead atoms. The zero-order chi connectivity index (χ0) is 16.2. The zero-order valence-electron chi connectivity index (χ0n) is 13.2. The quantitative estimate of drug-likeness (QED) is 0.837. The number of amides is 1. The van der Waals surface area contributed by atoms with Crippen LogP contribution in [0.4, 0.5) is 0 Å². The van der Waals surface area contributed by atoms with Crippen LogP contribution in [0.5, 0.6) is 5.75 Å². The predicted molar refractivity (Wildman–Crippen MR) is 92.3 cm³/mol. The Morgan fingerprint density at radius 2 is 1.74 bits per heavy atom. The van der Waals surface area contributed by atoms with E-state index in [2.05, 4.69) is 6.07 Å². The maximum absolute atomic E-state index is 12.6. The van der Waals surface area contributed by atoms with Crippen molar-refractivity contribution < 1.29 is 9.53 Å². The van der Waals surface area contributed by atoms with Gasteiger partial charge in [0, 0.05) is 13.1 Å².